The standard InChI is InChI=1S/C26H20N6O5S/c33-23(29-17-10-12-18(13-11-17)38(35,36)32-26-27-14-5-15-28-26)16-37-25(34)20-7-2-1-6-19(20)24-30-21-8-3-4-9-22(21)31-24/h1-15H,16H2,(H,29,33)(H,30,31)(H,27,28,32). The Bertz CT molecular complexity index is 1690. The minimum atomic E-state index is -3.91. The number of H-pyrrole nitrogens is 1. The minimum absolute atomic E-state index is 0.0448. The summed E-state index contributed by atoms with van der Waals surface area (Å²) in [5, 5.41) is 2.57. The fourth-order valence-corrected chi connectivity index (χ4v) is 4.56. The predicted octanol–water partition coefficient (Wildman–Crippen LogP) is 3.62. The Balaban J connectivity index is 1.21. The number of hydrogen-bond acceptors (Lipinski definition) is 8. The van der Waals surface area contributed by atoms with Crippen LogP contribution in [0.3, 0.4) is 0 Å². The molecule has 0 bridgehead atoms. The van der Waals surface area contributed by atoms with E-state index in [9.17, 15) is 18.0 Å². The van der Waals surface area contributed by atoms with Crippen molar-refractivity contribution in [2.75, 3.05) is 16.6 Å². The van der Waals surface area contributed by atoms with Crippen LogP contribution in [0.1, 0.15) is 10.4 Å². The number of para-hydroxylation sites is 2. The van der Waals surface area contributed by atoms with E-state index in [1.54, 1.807) is 30.3 Å². The van der Waals surface area contributed by atoms with Gasteiger partial charge in [0.2, 0.25) is 5.95 Å². The van der Waals surface area contributed by atoms with Gasteiger partial charge in [0.1, 0.15) is 5.82 Å². The van der Waals surface area contributed by atoms with Crippen molar-refractivity contribution < 1.29 is 22.7 Å². The van der Waals surface area contributed by atoms with Gasteiger partial charge in [-0.1, -0.05) is 30.3 Å². The summed E-state index contributed by atoms with van der Waals surface area (Å²) in [6, 6.07) is 21.3. The molecule has 38 heavy (non-hydrogen) atoms. The van der Waals surface area contributed by atoms with Crippen LogP contribution in [0.5, 0.6) is 0 Å². The average Bonchev–Trinajstić information content (AvgIpc) is 3.37. The van der Waals surface area contributed by atoms with E-state index in [1.807, 2.05) is 24.3 Å². The second-order valence-electron chi connectivity index (χ2n) is 7.97. The van der Waals surface area contributed by atoms with Gasteiger partial charge < -0.3 is 15.0 Å². The third-order valence-electron chi connectivity index (χ3n) is 5.37. The topological polar surface area (TPSA) is 156 Å². The Morgan fingerprint density at radius 3 is 2.34 bits per heavy atom. The number of anilines is 2. The highest BCUT2D eigenvalue weighted by atomic mass is 32.2. The molecule has 0 unspecified atom stereocenters. The molecule has 2 aromatic heterocycles. The fraction of sp³-hybridized carbons (Fsp3) is 0.0385. The predicted molar refractivity (Wildman–Crippen MR) is 140 cm³/mol. The van der Waals surface area contributed by atoms with Crippen molar-refractivity contribution in [2.24, 2.45) is 0 Å². The summed E-state index contributed by atoms with van der Waals surface area (Å²) in [6.45, 7) is -0.541. The summed E-state index contributed by atoms with van der Waals surface area (Å²) >= 11 is 0. The number of imidazole rings is 1. The minimum Gasteiger partial charge on any atom is -0.452 e. The van der Waals surface area contributed by atoms with Gasteiger partial charge in [-0.05, 0) is 48.5 Å². The molecule has 3 aromatic carbocycles. The molecule has 0 fully saturated rings. The molecule has 0 saturated carbocycles. The summed E-state index contributed by atoms with van der Waals surface area (Å²) in [5.41, 5.74) is 2.70. The van der Waals surface area contributed by atoms with E-state index >= 15 is 0 Å². The lowest BCUT2D eigenvalue weighted by Crippen LogP contribution is -2.21. The summed E-state index contributed by atoms with van der Waals surface area (Å²) in [5.74, 6) is -0.835. The molecular weight excluding hydrogens is 508 g/mol. The first kappa shape index (κ1) is 24.6. The molecule has 2 heterocycles. The van der Waals surface area contributed by atoms with Crippen LogP contribution >= 0.6 is 0 Å². The molecule has 11 nitrogen and oxygen atoms in total. The van der Waals surface area contributed by atoms with Crippen molar-refractivity contribution in [3.05, 3.63) is 96.8 Å². The van der Waals surface area contributed by atoms with E-state index in [2.05, 4.69) is 30.0 Å². The number of benzene rings is 3. The fourth-order valence-electron chi connectivity index (χ4n) is 3.60. The Morgan fingerprint density at radius 1 is 0.868 bits per heavy atom. The zero-order chi connectivity index (χ0) is 26.5. The van der Waals surface area contributed by atoms with Crippen molar-refractivity contribution >= 4 is 44.6 Å². The first-order valence-electron chi connectivity index (χ1n) is 11.3. The first-order chi connectivity index (χ1) is 18.4. The number of aromatic nitrogens is 4. The van der Waals surface area contributed by atoms with Gasteiger partial charge in [0.05, 0.1) is 21.5 Å². The van der Waals surface area contributed by atoms with Gasteiger partial charge in [-0.3, -0.25) is 4.79 Å². The van der Waals surface area contributed by atoms with Gasteiger partial charge in [-0.15, -0.1) is 0 Å². The largest absolute Gasteiger partial charge is 0.452 e. The molecule has 12 heteroatoms. The monoisotopic (exact) mass is 528 g/mol. The highest BCUT2D eigenvalue weighted by Gasteiger charge is 2.18. The summed E-state index contributed by atoms with van der Waals surface area (Å²) in [6.07, 6.45) is 2.82. The second-order valence-corrected chi connectivity index (χ2v) is 9.66. The van der Waals surface area contributed by atoms with Gasteiger partial charge >= 0.3 is 5.97 Å². The molecule has 0 aliphatic carbocycles. The molecule has 5 rings (SSSR count). The number of carbonyl (C=O) groups is 2. The smallest absolute Gasteiger partial charge is 0.339 e. The molecule has 0 saturated heterocycles. The number of amides is 1. The lowest BCUT2D eigenvalue weighted by molar-refractivity contribution is -0.119. The summed E-state index contributed by atoms with van der Waals surface area (Å²) < 4.78 is 32.5. The number of carbonyl (C=O) groups excluding carboxylic acids is 2. The SMILES string of the molecule is O=C(COC(=O)c1ccccc1-c1nc2ccccc2[nH]1)Nc1ccc(S(=O)(=O)Nc2ncccn2)cc1. The maximum Gasteiger partial charge on any atom is 0.339 e. The maximum absolute atomic E-state index is 12.8. The molecule has 5 aromatic rings. The second kappa shape index (κ2) is 10.5. The van der Waals surface area contributed by atoms with Gasteiger partial charge in [0.25, 0.3) is 15.9 Å². The Morgan fingerprint density at radius 2 is 1.58 bits per heavy atom. The number of nitrogens with one attached hydrogen (secondary N) is 3. The first-order valence-corrected chi connectivity index (χ1v) is 12.8. The lowest BCUT2D eigenvalue weighted by Gasteiger charge is -2.10. The van der Waals surface area contributed by atoms with Crippen molar-refractivity contribution in [3.63, 3.8) is 0 Å². The lowest BCUT2D eigenvalue weighted by atomic mass is 10.1. The molecule has 0 aliphatic heterocycles. The summed E-state index contributed by atoms with van der Waals surface area (Å²) in [4.78, 5) is 40.5. The third-order valence-corrected chi connectivity index (χ3v) is 6.71. The molecular formula is C26H20N6O5S. The van der Waals surface area contributed by atoms with Crippen molar-refractivity contribution in [3.8, 4) is 11.4 Å². The number of fused-ring (bicyclic) bond motifs is 1. The average molecular weight is 529 g/mol. The molecule has 190 valence electrons. The van der Waals surface area contributed by atoms with Crippen LogP contribution in [0.2, 0.25) is 0 Å². The Kier molecular flexibility index (Phi) is 6.78. The summed E-state index contributed by atoms with van der Waals surface area (Å²) in [7, 11) is -3.91. The van der Waals surface area contributed by atoms with Crippen LogP contribution in [0.15, 0.2) is 96.2 Å². The highest BCUT2D eigenvalue weighted by Crippen LogP contribution is 2.24. The van der Waals surface area contributed by atoms with E-state index in [0.29, 0.717) is 17.1 Å². The van der Waals surface area contributed by atoms with Gasteiger partial charge in [-0.25, -0.2) is 32.9 Å². The molecule has 0 spiro atoms. The number of sulfonamides is 1. The zero-order valence-electron chi connectivity index (χ0n) is 19.7. The van der Waals surface area contributed by atoms with Gasteiger partial charge in [-0.2, -0.15) is 0 Å². The Labute approximate surface area is 217 Å². The molecule has 0 atom stereocenters. The molecule has 0 aliphatic rings. The number of aromatic amines is 1. The van der Waals surface area contributed by atoms with Crippen LogP contribution < -0.4 is 10.0 Å². The number of nitrogens with zero attached hydrogens (tertiary/aromatic N) is 3. The number of hydrogen-bond donors (Lipinski definition) is 3. The number of esters is 1. The molecule has 3 N–H and O–H groups in total. The van der Waals surface area contributed by atoms with Crippen molar-refractivity contribution in [1.29, 1.82) is 0 Å². The third kappa shape index (κ3) is 5.50. The van der Waals surface area contributed by atoms with Gasteiger partial charge in [0.15, 0.2) is 6.61 Å². The van der Waals surface area contributed by atoms with E-state index in [4.69, 9.17) is 4.74 Å². The van der Waals surface area contributed by atoms with Gasteiger partial charge in [0, 0.05) is 23.6 Å². The quantitative estimate of drug-likeness (QED) is 0.258. The van der Waals surface area contributed by atoms with Crippen LogP contribution in [0.25, 0.3) is 22.4 Å². The normalized spacial score (nSPS) is 11.2. The van der Waals surface area contributed by atoms with Crippen LogP contribution in [0.4, 0.5) is 11.6 Å². The molecule has 0 radical (unpaired) electrons. The maximum atomic E-state index is 12.8. The Hall–Kier alpha value is -5.10. The van der Waals surface area contributed by atoms with Crippen molar-refractivity contribution in [2.45, 2.75) is 4.90 Å². The van der Waals surface area contributed by atoms with E-state index < -0.39 is 28.5 Å². The number of ether oxygens (including phenoxy) is 1. The van der Waals surface area contributed by atoms with E-state index in [1.165, 1.54) is 36.7 Å². The van der Waals surface area contributed by atoms with Crippen molar-refractivity contribution in [1.82, 2.24) is 19.9 Å². The van der Waals surface area contributed by atoms with Crippen LogP contribution in [-0.4, -0.2) is 46.8 Å². The number of rotatable bonds is 8. The van der Waals surface area contributed by atoms with Crippen LogP contribution in [-0.2, 0) is 19.6 Å². The van der Waals surface area contributed by atoms with E-state index in [0.717, 1.165) is 11.0 Å². The highest BCUT2D eigenvalue weighted by molar-refractivity contribution is 7.92. The zero-order valence-corrected chi connectivity index (χ0v) is 20.5. The van der Waals surface area contributed by atoms with E-state index in [-0.39, 0.29) is 16.4 Å². The molecule has 1 amide bonds. The van der Waals surface area contributed by atoms with Crippen LogP contribution in [0, 0.1) is 0 Å².